The average molecular weight is 254 g/mol. The molecule has 0 aliphatic carbocycles. The second-order valence-corrected chi connectivity index (χ2v) is 3.67. The van der Waals surface area contributed by atoms with E-state index in [0.29, 0.717) is 0 Å². The van der Waals surface area contributed by atoms with Gasteiger partial charge < -0.3 is 4.98 Å². The Balaban J connectivity index is 2.46. The predicted octanol–water partition coefficient (Wildman–Crippen LogP) is 1.59. The van der Waals surface area contributed by atoms with E-state index in [-0.39, 0.29) is 16.6 Å². The summed E-state index contributed by atoms with van der Waals surface area (Å²) in [7, 11) is 0. The molecular formula is C10H5F3N4O. The Morgan fingerprint density at radius 3 is 2.78 bits per heavy atom. The molecular weight excluding hydrogens is 249 g/mol. The number of nitrogens with one attached hydrogen (secondary N) is 1. The van der Waals surface area contributed by atoms with Gasteiger partial charge in [-0.25, -0.2) is 4.79 Å². The summed E-state index contributed by atoms with van der Waals surface area (Å²) in [6.45, 7) is 0. The minimum atomic E-state index is -4.44. The molecule has 0 amide bonds. The maximum absolute atomic E-state index is 12.6. The van der Waals surface area contributed by atoms with Crippen LogP contribution in [0.1, 0.15) is 5.56 Å². The summed E-state index contributed by atoms with van der Waals surface area (Å²) in [5, 5.41) is 3.86. The summed E-state index contributed by atoms with van der Waals surface area (Å²) >= 11 is 0. The van der Waals surface area contributed by atoms with Crippen molar-refractivity contribution in [2.24, 2.45) is 0 Å². The Labute approximate surface area is 96.9 Å². The lowest BCUT2D eigenvalue weighted by molar-refractivity contribution is -0.137. The van der Waals surface area contributed by atoms with Crippen molar-refractivity contribution in [3.63, 3.8) is 0 Å². The van der Waals surface area contributed by atoms with Crippen molar-refractivity contribution in [1.82, 2.24) is 19.6 Å². The van der Waals surface area contributed by atoms with E-state index in [4.69, 9.17) is 0 Å². The van der Waals surface area contributed by atoms with Gasteiger partial charge in [-0.1, -0.05) is 0 Å². The lowest BCUT2D eigenvalue weighted by Crippen LogP contribution is -2.17. The predicted molar refractivity (Wildman–Crippen MR) is 56.1 cm³/mol. The van der Waals surface area contributed by atoms with Gasteiger partial charge in [-0.2, -0.15) is 27.8 Å². The summed E-state index contributed by atoms with van der Waals surface area (Å²) in [4.78, 5) is 17.8. The summed E-state index contributed by atoms with van der Waals surface area (Å²) in [6, 6.07) is 3.00. The minimum absolute atomic E-state index is 0.191. The molecule has 0 spiro atoms. The van der Waals surface area contributed by atoms with E-state index >= 15 is 0 Å². The molecule has 0 bridgehead atoms. The molecule has 8 heteroatoms. The van der Waals surface area contributed by atoms with Crippen LogP contribution in [0.25, 0.3) is 16.6 Å². The molecule has 2 heterocycles. The van der Waals surface area contributed by atoms with Crippen LogP contribution in [0.3, 0.4) is 0 Å². The van der Waals surface area contributed by atoms with Crippen molar-refractivity contribution in [1.29, 1.82) is 0 Å². The van der Waals surface area contributed by atoms with Gasteiger partial charge in [-0.3, -0.25) is 0 Å². The zero-order valence-corrected chi connectivity index (χ0v) is 8.69. The molecule has 0 fully saturated rings. The largest absolute Gasteiger partial charge is 0.416 e. The summed E-state index contributed by atoms with van der Waals surface area (Å²) < 4.78 is 38.7. The Hall–Kier alpha value is -2.38. The first-order valence-corrected chi connectivity index (χ1v) is 4.90. The van der Waals surface area contributed by atoms with Gasteiger partial charge >= 0.3 is 11.9 Å². The fourth-order valence-corrected chi connectivity index (χ4v) is 1.75. The first-order valence-electron chi connectivity index (χ1n) is 4.90. The van der Waals surface area contributed by atoms with Crippen molar-refractivity contribution in [3.8, 4) is 0 Å². The number of rotatable bonds is 0. The molecule has 0 atom stereocenters. The Morgan fingerprint density at radius 2 is 2.06 bits per heavy atom. The highest BCUT2D eigenvalue weighted by molar-refractivity contribution is 5.91. The average Bonchev–Trinajstić information content (AvgIpc) is 2.77. The third-order valence-electron chi connectivity index (χ3n) is 2.56. The smallest absolute Gasteiger partial charge is 0.329 e. The molecule has 0 radical (unpaired) electrons. The van der Waals surface area contributed by atoms with E-state index in [9.17, 15) is 18.0 Å². The van der Waals surface area contributed by atoms with Crippen molar-refractivity contribution in [3.05, 3.63) is 40.6 Å². The molecule has 92 valence electrons. The monoisotopic (exact) mass is 254 g/mol. The number of aromatic amines is 1. The molecule has 0 aliphatic heterocycles. The number of nitrogens with zero attached hydrogens (tertiary/aromatic N) is 3. The van der Waals surface area contributed by atoms with Gasteiger partial charge in [0.25, 0.3) is 0 Å². The van der Waals surface area contributed by atoms with Crippen LogP contribution in [0.4, 0.5) is 13.2 Å². The van der Waals surface area contributed by atoms with Crippen molar-refractivity contribution >= 4 is 16.6 Å². The van der Waals surface area contributed by atoms with Crippen LogP contribution in [-0.4, -0.2) is 19.6 Å². The maximum atomic E-state index is 12.6. The highest BCUT2D eigenvalue weighted by Crippen LogP contribution is 2.31. The SMILES string of the molecule is O=c1nc2ccc(C(F)(F)F)cc2c2[nH]cnn12. The van der Waals surface area contributed by atoms with Crippen molar-refractivity contribution < 1.29 is 13.2 Å². The molecule has 0 unspecified atom stereocenters. The number of H-pyrrole nitrogens is 1. The quantitative estimate of drug-likeness (QED) is 0.662. The van der Waals surface area contributed by atoms with Crippen LogP contribution in [0.15, 0.2) is 29.3 Å². The van der Waals surface area contributed by atoms with Crippen molar-refractivity contribution in [2.75, 3.05) is 0 Å². The highest BCUT2D eigenvalue weighted by Gasteiger charge is 2.30. The number of hydrogen-bond acceptors (Lipinski definition) is 3. The summed E-state index contributed by atoms with van der Waals surface area (Å²) in [5.74, 6) is 0. The van der Waals surface area contributed by atoms with Gasteiger partial charge in [0.05, 0.1) is 11.1 Å². The van der Waals surface area contributed by atoms with E-state index in [1.54, 1.807) is 0 Å². The van der Waals surface area contributed by atoms with E-state index in [1.165, 1.54) is 12.4 Å². The topological polar surface area (TPSA) is 63.0 Å². The van der Waals surface area contributed by atoms with Crippen LogP contribution < -0.4 is 5.69 Å². The lowest BCUT2D eigenvalue weighted by atomic mass is 10.1. The van der Waals surface area contributed by atoms with Crippen LogP contribution in [0.5, 0.6) is 0 Å². The molecule has 0 aliphatic rings. The van der Waals surface area contributed by atoms with Crippen molar-refractivity contribution in [2.45, 2.75) is 6.18 Å². The van der Waals surface area contributed by atoms with E-state index in [1.807, 2.05) is 0 Å². The summed E-state index contributed by atoms with van der Waals surface area (Å²) in [6.07, 6.45) is -3.22. The Bertz CT molecular complexity index is 802. The first-order chi connectivity index (χ1) is 8.47. The molecule has 5 nitrogen and oxygen atoms in total. The Kier molecular flexibility index (Phi) is 1.98. The lowest BCUT2D eigenvalue weighted by Gasteiger charge is -2.07. The normalized spacial score (nSPS) is 12.4. The number of alkyl halides is 3. The number of benzene rings is 1. The van der Waals surface area contributed by atoms with Gasteiger partial charge in [0.1, 0.15) is 12.0 Å². The molecule has 3 aromatic rings. The molecule has 3 rings (SSSR count). The number of aromatic nitrogens is 4. The third-order valence-corrected chi connectivity index (χ3v) is 2.56. The molecule has 18 heavy (non-hydrogen) atoms. The first kappa shape index (κ1) is 10.8. The van der Waals surface area contributed by atoms with Crippen LogP contribution in [0.2, 0.25) is 0 Å². The zero-order valence-electron chi connectivity index (χ0n) is 8.69. The van der Waals surface area contributed by atoms with E-state index < -0.39 is 17.4 Å². The van der Waals surface area contributed by atoms with E-state index in [0.717, 1.165) is 16.6 Å². The fraction of sp³-hybridized carbons (Fsp3) is 0.100. The number of fused-ring (bicyclic) bond motifs is 3. The zero-order chi connectivity index (χ0) is 12.9. The van der Waals surface area contributed by atoms with Gasteiger partial charge in [-0.15, -0.1) is 0 Å². The molecule has 1 N–H and O–H groups in total. The molecule has 0 saturated carbocycles. The van der Waals surface area contributed by atoms with Gasteiger partial charge in [0, 0.05) is 5.39 Å². The molecule has 0 saturated heterocycles. The minimum Gasteiger partial charge on any atom is -0.329 e. The Morgan fingerprint density at radius 1 is 1.28 bits per heavy atom. The fourth-order valence-electron chi connectivity index (χ4n) is 1.75. The standard InChI is InChI=1S/C10H5F3N4O/c11-10(12,13)5-1-2-7-6(3-5)8-14-4-15-17(8)9(18)16-7/h1-4H,(H,14,15). The second-order valence-electron chi connectivity index (χ2n) is 3.67. The second kappa shape index (κ2) is 3.31. The molecule has 2 aromatic heterocycles. The van der Waals surface area contributed by atoms with Crippen LogP contribution >= 0.6 is 0 Å². The number of hydrogen-bond donors (Lipinski definition) is 1. The van der Waals surface area contributed by atoms with Gasteiger partial charge in [0.2, 0.25) is 0 Å². The van der Waals surface area contributed by atoms with Crippen LogP contribution in [-0.2, 0) is 6.18 Å². The molecule has 1 aromatic carbocycles. The maximum Gasteiger partial charge on any atom is 0.416 e. The van der Waals surface area contributed by atoms with E-state index in [2.05, 4.69) is 15.1 Å². The third kappa shape index (κ3) is 1.45. The highest BCUT2D eigenvalue weighted by atomic mass is 19.4. The van der Waals surface area contributed by atoms with Gasteiger partial charge in [-0.05, 0) is 18.2 Å². The van der Waals surface area contributed by atoms with Gasteiger partial charge in [0.15, 0.2) is 0 Å². The summed E-state index contributed by atoms with van der Waals surface area (Å²) in [5.41, 5.74) is -1.06. The van der Waals surface area contributed by atoms with Crippen LogP contribution in [0, 0.1) is 0 Å². The number of halogens is 3.